The fraction of sp³-hybridized carbons (Fsp3) is 1.00. The molecule has 0 unspecified atom stereocenters. The zero-order valence-electron chi connectivity index (χ0n) is 8.33. The van der Waals surface area contributed by atoms with Gasteiger partial charge in [-0.2, -0.15) is 0 Å². The molecule has 0 bridgehead atoms. The summed E-state index contributed by atoms with van der Waals surface area (Å²) in [4.78, 5) is 0. The summed E-state index contributed by atoms with van der Waals surface area (Å²) < 4.78 is 0. The van der Waals surface area contributed by atoms with Crippen molar-refractivity contribution in [1.29, 1.82) is 0 Å². The average Bonchev–Trinajstić information content (AvgIpc) is 1.93. The van der Waals surface area contributed by atoms with Crippen LogP contribution in [0.5, 0.6) is 0 Å². The summed E-state index contributed by atoms with van der Waals surface area (Å²) in [6.07, 6.45) is 0. The Hall–Kier alpha value is 1.05. The topological polar surface area (TPSA) is 31.5 Å². The summed E-state index contributed by atoms with van der Waals surface area (Å²) in [5.41, 5.74) is 0. The number of rotatable bonds is 4. The molecule has 0 amide bonds. The third-order valence-electron chi connectivity index (χ3n) is 1.000. The van der Waals surface area contributed by atoms with Crippen molar-refractivity contribution in [3.63, 3.8) is 0 Å². The zero-order chi connectivity index (χ0) is 8.24. The quantitative estimate of drug-likeness (QED) is 0.707. The minimum absolute atomic E-state index is 0. The molecule has 0 aromatic rings. The van der Waals surface area contributed by atoms with Gasteiger partial charge in [0.25, 0.3) is 0 Å². The Kier molecular flexibility index (Phi) is 36.7. The van der Waals surface area contributed by atoms with Crippen LogP contribution in [-0.2, 0) is 0 Å². The van der Waals surface area contributed by atoms with E-state index in [0.717, 1.165) is 0 Å². The molecule has 0 heterocycles. The van der Waals surface area contributed by atoms with Crippen LogP contribution in [0.15, 0.2) is 0 Å². The third kappa shape index (κ3) is 35.5. The molecular formula is C8H22Ge2O. The van der Waals surface area contributed by atoms with Gasteiger partial charge in [-0.1, -0.05) is 0 Å². The Morgan fingerprint density at radius 2 is 0.818 bits per heavy atom. The predicted molar refractivity (Wildman–Crippen MR) is 57.0 cm³/mol. The van der Waals surface area contributed by atoms with Gasteiger partial charge < -0.3 is 5.48 Å². The van der Waals surface area contributed by atoms with E-state index < -0.39 is 0 Å². The van der Waals surface area contributed by atoms with Crippen molar-refractivity contribution in [2.24, 2.45) is 0 Å². The predicted octanol–water partition coefficient (Wildman–Crippen LogP) is 2.31. The molecule has 0 aliphatic heterocycles. The summed E-state index contributed by atoms with van der Waals surface area (Å²) in [6, 6.07) is 0. The van der Waals surface area contributed by atoms with E-state index in [1.54, 1.807) is 0 Å². The van der Waals surface area contributed by atoms with Crippen LogP contribution in [0.1, 0.15) is 27.7 Å². The molecular weight excluding hydrogens is 257 g/mol. The molecule has 0 aliphatic carbocycles. The van der Waals surface area contributed by atoms with Crippen LogP contribution in [0.2, 0.25) is 21.0 Å². The molecule has 0 saturated carbocycles. The molecule has 0 aromatic carbocycles. The molecule has 0 spiro atoms. The second kappa shape index (κ2) is 22.5. The molecule has 0 rings (SSSR count). The van der Waals surface area contributed by atoms with Crippen LogP contribution >= 0.6 is 0 Å². The van der Waals surface area contributed by atoms with Crippen LogP contribution in [0.4, 0.5) is 0 Å². The Labute approximate surface area is 85.0 Å². The Bertz CT molecular complexity index is 33.1. The maximum Gasteiger partial charge on any atom is -0.412 e. The molecule has 0 atom stereocenters. The van der Waals surface area contributed by atoms with Gasteiger partial charge in [0.05, 0.1) is 0 Å². The minimum Gasteiger partial charge on any atom is -0.412 e. The Morgan fingerprint density at radius 3 is 0.818 bits per heavy atom. The zero-order valence-corrected chi connectivity index (χ0v) is 12.5. The maximum absolute atomic E-state index is 2.27. The Morgan fingerprint density at radius 1 is 0.636 bits per heavy atom. The first kappa shape index (κ1) is 18.0. The van der Waals surface area contributed by atoms with Crippen molar-refractivity contribution in [3.8, 4) is 0 Å². The molecule has 0 aliphatic rings. The van der Waals surface area contributed by atoms with Crippen LogP contribution in [0.25, 0.3) is 0 Å². The first-order valence-electron chi connectivity index (χ1n) is 4.24. The van der Waals surface area contributed by atoms with Gasteiger partial charge in [0, 0.05) is 0 Å². The van der Waals surface area contributed by atoms with Crippen molar-refractivity contribution in [2.75, 3.05) is 0 Å². The van der Waals surface area contributed by atoms with Crippen molar-refractivity contribution in [1.82, 2.24) is 0 Å². The van der Waals surface area contributed by atoms with Crippen LogP contribution in [0, 0.1) is 0 Å². The third-order valence-corrected chi connectivity index (χ3v) is 5.20. The standard InChI is InChI=1S/2C4H10Ge.H2O/c2*1-3-5-4-2;/h2*3-4H2,1-2H3;1H2. The van der Waals surface area contributed by atoms with Gasteiger partial charge in [0.15, 0.2) is 0 Å². The van der Waals surface area contributed by atoms with Gasteiger partial charge in [-0.3, -0.25) is 0 Å². The summed E-state index contributed by atoms with van der Waals surface area (Å²) in [5, 5.41) is 5.88. The van der Waals surface area contributed by atoms with Gasteiger partial charge >= 0.3 is 79.6 Å². The van der Waals surface area contributed by atoms with Crippen LogP contribution in [-0.4, -0.2) is 36.3 Å². The van der Waals surface area contributed by atoms with Crippen molar-refractivity contribution < 1.29 is 5.48 Å². The molecule has 1 nitrogen and oxygen atoms in total. The largest absolute Gasteiger partial charge is 0.412 e. The second-order valence-corrected chi connectivity index (χ2v) is 9.95. The van der Waals surface area contributed by atoms with Crippen LogP contribution in [0.3, 0.4) is 0 Å². The molecule has 3 heteroatoms. The summed E-state index contributed by atoms with van der Waals surface area (Å²) in [5.74, 6) is 0. The van der Waals surface area contributed by atoms with E-state index in [-0.39, 0.29) is 5.48 Å². The van der Waals surface area contributed by atoms with E-state index in [9.17, 15) is 0 Å². The first-order chi connectivity index (χ1) is 4.83. The second-order valence-electron chi connectivity index (χ2n) is 1.91. The fourth-order valence-corrected chi connectivity index (χ4v) is 2.60. The molecule has 0 aromatic heterocycles. The monoisotopic (exact) mass is 282 g/mol. The van der Waals surface area contributed by atoms with Crippen LogP contribution < -0.4 is 0 Å². The molecule has 2 N–H and O–H groups in total. The minimum atomic E-state index is 0. The smallest absolute Gasteiger partial charge is 0.412 e. The summed E-state index contributed by atoms with van der Waals surface area (Å²) in [6.45, 7) is 9.07. The van der Waals surface area contributed by atoms with Crippen molar-refractivity contribution in [3.05, 3.63) is 0 Å². The van der Waals surface area contributed by atoms with Gasteiger partial charge in [0.2, 0.25) is 0 Å². The summed E-state index contributed by atoms with van der Waals surface area (Å²) >= 11 is 1.06. The van der Waals surface area contributed by atoms with E-state index >= 15 is 0 Å². The van der Waals surface area contributed by atoms with E-state index in [0.29, 0.717) is 30.9 Å². The van der Waals surface area contributed by atoms with E-state index in [4.69, 9.17) is 0 Å². The molecule has 11 heavy (non-hydrogen) atoms. The first-order valence-corrected chi connectivity index (χ1v) is 10.2. The maximum atomic E-state index is 2.27. The number of hydrogen-bond acceptors (Lipinski definition) is 0. The fourth-order valence-electron chi connectivity index (χ4n) is 0.500. The number of hydrogen-bond donors (Lipinski definition) is 0. The summed E-state index contributed by atoms with van der Waals surface area (Å²) in [7, 11) is 0. The molecule has 0 saturated heterocycles. The Balaban J connectivity index is -0.000000107. The molecule has 68 valence electrons. The van der Waals surface area contributed by atoms with Gasteiger partial charge in [-0.15, -0.1) is 0 Å². The van der Waals surface area contributed by atoms with E-state index in [2.05, 4.69) is 27.7 Å². The molecule has 0 fully saturated rings. The van der Waals surface area contributed by atoms with Gasteiger partial charge in [-0.25, -0.2) is 0 Å². The average molecular weight is 279 g/mol. The normalized spacial score (nSPS) is 7.64. The van der Waals surface area contributed by atoms with Crippen molar-refractivity contribution >= 4 is 30.9 Å². The van der Waals surface area contributed by atoms with E-state index in [1.165, 1.54) is 21.0 Å². The van der Waals surface area contributed by atoms with Gasteiger partial charge in [0.1, 0.15) is 0 Å². The van der Waals surface area contributed by atoms with Crippen molar-refractivity contribution in [2.45, 2.75) is 48.7 Å². The van der Waals surface area contributed by atoms with Gasteiger partial charge in [-0.05, 0) is 0 Å². The van der Waals surface area contributed by atoms with E-state index in [1.807, 2.05) is 0 Å². The molecule has 4 radical (unpaired) electrons. The SMILES string of the molecule is C[CH2][Ge][CH2]C.C[CH2][Ge][CH2]C.O.